The number of hydrogen-bond acceptors (Lipinski definition) is 3. The van der Waals surface area contributed by atoms with Gasteiger partial charge in [-0.15, -0.1) is 0 Å². The Bertz CT molecular complexity index is 456. The van der Waals surface area contributed by atoms with E-state index >= 15 is 0 Å². The molecule has 1 saturated carbocycles. The van der Waals surface area contributed by atoms with Gasteiger partial charge in [0.05, 0.1) is 0 Å². The molecule has 4 rings (SSSR count). The number of hydrogen-bond donors (Lipinski definition) is 1. The first-order valence-electron chi connectivity index (χ1n) is 8.25. The lowest BCUT2D eigenvalue weighted by Gasteiger charge is -2.54. The average Bonchev–Trinajstić information content (AvgIpc) is 2.51. The molecule has 1 N–H and O–H groups in total. The molecule has 1 aromatic heterocycles. The van der Waals surface area contributed by atoms with Crippen molar-refractivity contribution in [2.75, 3.05) is 24.6 Å². The highest BCUT2D eigenvalue weighted by Gasteiger charge is 2.45. The van der Waals surface area contributed by atoms with Crippen molar-refractivity contribution >= 4 is 21.6 Å². The van der Waals surface area contributed by atoms with Gasteiger partial charge in [-0.3, -0.25) is 0 Å². The summed E-state index contributed by atoms with van der Waals surface area (Å²) in [6.45, 7) is 2.79. The van der Waals surface area contributed by atoms with Gasteiger partial charge in [0.2, 0.25) is 0 Å². The fourth-order valence-corrected chi connectivity index (χ4v) is 4.46. The standard InChI is InChI=1S/C17H25BrN2O/c18-17-10-15(6-7-19-17)20-11-13-9-14(12-20)16(13)5-3-1-2-4-8-21/h6-7,10,13-14,16,21H,1-5,8-9,11-12H2. The molecule has 2 aliphatic heterocycles. The number of rotatable bonds is 7. The van der Waals surface area contributed by atoms with E-state index in [-0.39, 0.29) is 0 Å². The molecule has 3 nitrogen and oxygen atoms in total. The minimum Gasteiger partial charge on any atom is -0.396 e. The van der Waals surface area contributed by atoms with Gasteiger partial charge >= 0.3 is 0 Å². The third-order valence-corrected chi connectivity index (χ3v) is 5.68. The van der Waals surface area contributed by atoms with Crippen LogP contribution in [-0.4, -0.2) is 29.8 Å². The van der Waals surface area contributed by atoms with E-state index in [0.29, 0.717) is 6.61 Å². The average molecular weight is 353 g/mol. The van der Waals surface area contributed by atoms with Crippen LogP contribution in [0.4, 0.5) is 5.69 Å². The zero-order chi connectivity index (χ0) is 14.7. The van der Waals surface area contributed by atoms with Crippen molar-refractivity contribution in [2.45, 2.75) is 38.5 Å². The van der Waals surface area contributed by atoms with Crippen LogP contribution in [0.25, 0.3) is 0 Å². The highest BCUT2D eigenvalue weighted by Crippen LogP contribution is 2.48. The second kappa shape index (κ2) is 7.10. The zero-order valence-electron chi connectivity index (χ0n) is 12.5. The number of halogens is 1. The summed E-state index contributed by atoms with van der Waals surface area (Å²) in [7, 11) is 0. The van der Waals surface area contributed by atoms with Crippen LogP contribution < -0.4 is 4.90 Å². The van der Waals surface area contributed by atoms with E-state index in [1.54, 1.807) is 0 Å². The van der Waals surface area contributed by atoms with Crippen LogP contribution in [0.2, 0.25) is 0 Å². The van der Waals surface area contributed by atoms with E-state index in [0.717, 1.165) is 28.8 Å². The summed E-state index contributed by atoms with van der Waals surface area (Å²) in [5.74, 6) is 2.75. The van der Waals surface area contributed by atoms with Gasteiger partial charge in [-0.1, -0.05) is 19.3 Å². The molecule has 21 heavy (non-hydrogen) atoms. The van der Waals surface area contributed by atoms with Crippen LogP contribution in [-0.2, 0) is 0 Å². The maximum absolute atomic E-state index is 8.81. The zero-order valence-corrected chi connectivity index (χ0v) is 14.1. The van der Waals surface area contributed by atoms with Crippen molar-refractivity contribution in [1.82, 2.24) is 4.98 Å². The Morgan fingerprint density at radius 1 is 1.19 bits per heavy atom. The van der Waals surface area contributed by atoms with Gasteiger partial charge in [-0.2, -0.15) is 0 Å². The summed E-state index contributed by atoms with van der Waals surface area (Å²) in [6, 6.07) is 4.26. The van der Waals surface area contributed by atoms with E-state index in [4.69, 9.17) is 5.11 Å². The molecule has 0 aromatic carbocycles. The molecule has 2 saturated heterocycles. The number of piperidine rings is 2. The molecular weight excluding hydrogens is 328 g/mol. The molecule has 0 spiro atoms. The number of aliphatic hydroxyl groups excluding tert-OH is 1. The number of unbranched alkanes of at least 4 members (excludes halogenated alkanes) is 3. The van der Waals surface area contributed by atoms with Gasteiger partial charge in [-0.25, -0.2) is 4.98 Å². The van der Waals surface area contributed by atoms with Gasteiger partial charge in [0.25, 0.3) is 0 Å². The molecule has 1 aliphatic carbocycles. The van der Waals surface area contributed by atoms with Gasteiger partial charge in [0, 0.05) is 31.6 Å². The molecule has 3 fully saturated rings. The Kier molecular flexibility index (Phi) is 5.17. The SMILES string of the molecule is OCCCCCCC1C2CC1CN(c1ccnc(Br)c1)C2. The fraction of sp³-hybridized carbons (Fsp3) is 0.706. The van der Waals surface area contributed by atoms with Crippen molar-refractivity contribution in [3.63, 3.8) is 0 Å². The summed E-state index contributed by atoms with van der Waals surface area (Å²) in [5.41, 5.74) is 1.31. The first kappa shape index (κ1) is 15.3. The van der Waals surface area contributed by atoms with Gasteiger partial charge in [0.1, 0.15) is 4.60 Å². The summed E-state index contributed by atoms with van der Waals surface area (Å²) in [4.78, 5) is 6.75. The molecule has 0 amide bonds. The molecule has 1 aromatic rings. The Balaban J connectivity index is 1.46. The van der Waals surface area contributed by atoms with Gasteiger partial charge < -0.3 is 10.0 Å². The highest BCUT2D eigenvalue weighted by molar-refractivity contribution is 9.10. The van der Waals surface area contributed by atoms with E-state index in [2.05, 4.69) is 37.9 Å². The second-order valence-corrected chi connectivity index (χ2v) is 7.40. The number of anilines is 1. The summed E-state index contributed by atoms with van der Waals surface area (Å²) in [5, 5.41) is 8.81. The molecule has 2 bridgehead atoms. The molecule has 2 unspecified atom stereocenters. The monoisotopic (exact) mass is 352 g/mol. The normalized spacial score (nSPS) is 27.5. The Morgan fingerprint density at radius 2 is 1.95 bits per heavy atom. The van der Waals surface area contributed by atoms with Crippen molar-refractivity contribution in [1.29, 1.82) is 0 Å². The predicted molar refractivity (Wildman–Crippen MR) is 89.4 cm³/mol. The largest absolute Gasteiger partial charge is 0.396 e. The maximum Gasteiger partial charge on any atom is 0.108 e. The summed E-state index contributed by atoms with van der Waals surface area (Å²) in [6.07, 6.45) is 9.52. The Labute approximate surface area is 135 Å². The molecule has 0 radical (unpaired) electrons. The molecule has 3 aliphatic rings. The molecule has 3 heterocycles. The van der Waals surface area contributed by atoms with Crippen molar-refractivity contribution < 1.29 is 5.11 Å². The first-order chi connectivity index (χ1) is 10.3. The van der Waals surface area contributed by atoms with Gasteiger partial charge in [-0.05, 0) is 65.1 Å². The topological polar surface area (TPSA) is 36.4 Å². The Morgan fingerprint density at radius 3 is 2.67 bits per heavy atom. The third kappa shape index (κ3) is 3.59. The van der Waals surface area contributed by atoms with Crippen LogP contribution >= 0.6 is 15.9 Å². The maximum atomic E-state index is 8.81. The minimum absolute atomic E-state index is 0.352. The quantitative estimate of drug-likeness (QED) is 0.597. The lowest BCUT2D eigenvalue weighted by Crippen LogP contribution is -2.55. The lowest BCUT2D eigenvalue weighted by molar-refractivity contribution is 0.0392. The van der Waals surface area contributed by atoms with Crippen LogP contribution in [0.5, 0.6) is 0 Å². The number of aliphatic hydroxyl groups is 1. The minimum atomic E-state index is 0.352. The van der Waals surface area contributed by atoms with Crippen LogP contribution in [0.3, 0.4) is 0 Å². The van der Waals surface area contributed by atoms with Crippen molar-refractivity contribution in [3.05, 3.63) is 22.9 Å². The smallest absolute Gasteiger partial charge is 0.108 e. The predicted octanol–water partition coefficient (Wildman–Crippen LogP) is 3.86. The van der Waals surface area contributed by atoms with Crippen LogP contribution in [0.1, 0.15) is 38.5 Å². The van der Waals surface area contributed by atoms with E-state index < -0.39 is 0 Å². The number of pyridine rings is 1. The molecule has 116 valence electrons. The second-order valence-electron chi connectivity index (χ2n) is 6.59. The van der Waals surface area contributed by atoms with E-state index in [1.165, 1.54) is 50.9 Å². The van der Waals surface area contributed by atoms with Gasteiger partial charge in [0.15, 0.2) is 0 Å². The van der Waals surface area contributed by atoms with Crippen molar-refractivity contribution in [2.24, 2.45) is 17.8 Å². The molecular formula is C17H25BrN2O. The third-order valence-electron chi connectivity index (χ3n) is 5.25. The van der Waals surface area contributed by atoms with E-state index in [9.17, 15) is 0 Å². The first-order valence-corrected chi connectivity index (χ1v) is 9.04. The summed E-state index contributed by atoms with van der Waals surface area (Å²) < 4.78 is 0.930. The number of fused-ring (bicyclic) bond motifs is 2. The van der Waals surface area contributed by atoms with Crippen LogP contribution in [0.15, 0.2) is 22.9 Å². The number of aromatic nitrogens is 1. The molecule has 4 heteroatoms. The van der Waals surface area contributed by atoms with Crippen LogP contribution in [0, 0.1) is 17.8 Å². The molecule has 2 atom stereocenters. The highest BCUT2D eigenvalue weighted by atomic mass is 79.9. The van der Waals surface area contributed by atoms with E-state index in [1.807, 2.05) is 6.20 Å². The fourth-order valence-electron chi connectivity index (χ4n) is 4.10. The summed E-state index contributed by atoms with van der Waals surface area (Å²) >= 11 is 3.47. The lowest BCUT2D eigenvalue weighted by atomic mass is 9.60. The number of nitrogens with zero attached hydrogens (tertiary/aromatic N) is 2. The Hall–Kier alpha value is -0.610. The van der Waals surface area contributed by atoms with Crippen molar-refractivity contribution in [3.8, 4) is 0 Å².